The van der Waals surface area contributed by atoms with E-state index in [1.54, 1.807) is 43.3 Å². The number of nitrogens with zero attached hydrogens (tertiary/aromatic N) is 1. The minimum Gasteiger partial charge on any atom is -0.545 e. The standard InChI is InChI=1S/C18H14N2O5/c1-11-5-7-16(24-11)17(21)20-19-10-14-6-8-15(25-14)12-3-2-4-13(9-12)18(22)23/h2-10H,1H3,(H,20,21)(H,22,23)/p-1. The van der Waals surface area contributed by atoms with E-state index < -0.39 is 11.9 Å². The van der Waals surface area contributed by atoms with Crippen molar-refractivity contribution in [2.24, 2.45) is 5.10 Å². The Hall–Kier alpha value is -3.61. The molecule has 1 amide bonds. The first-order valence-corrected chi connectivity index (χ1v) is 7.34. The number of carboxylic acids is 1. The van der Waals surface area contributed by atoms with Crippen LogP contribution in [0.4, 0.5) is 0 Å². The van der Waals surface area contributed by atoms with Gasteiger partial charge in [-0.15, -0.1) is 0 Å². The van der Waals surface area contributed by atoms with Crippen LogP contribution in [0.25, 0.3) is 11.3 Å². The molecular formula is C18H13N2O5-. The highest BCUT2D eigenvalue weighted by atomic mass is 16.4. The molecule has 2 aromatic heterocycles. The van der Waals surface area contributed by atoms with Crippen LogP contribution in [0.1, 0.15) is 32.4 Å². The van der Waals surface area contributed by atoms with E-state index in [1.807, 2.05) is 0 Å². The fourth-order valence-electron chi connectivity index (χ4n) is 2.14. The van der Waals surface area contributed by atoms with Crippen molar-refractivity contribution in [2.45, 2.75) is 6.92 Å². The summed E-state index contributed by atoms with van der Waals surface area (Å²) >= 11 is 0. The second-order valence-electron chi connectivity index (χ2n) is 5.18. The molecule has 0 spiro atoms. The van der Waals surface area contributed by atoms with Gasteiger partial charge in [-0.25, -0.2) is 5.43 Å². The van der Waals surface area contributed by atoms with Gasteiger partial charge in [-0.1, -0.05) is 18.2 Å². The van der Waals surface area contributed by atoms with Crippen molar-refractivity contribution in [3.05, 3.63) is 71.4 Å². The first-order chi connectivity index (χ1) is 12.0. The van der Waals surface area contributed by atoms with Crippen LogP contribution in [0.15, 0.2) is 62.5 Å². The number of aryl methyl sites for hydroxylation is 1. The van der Waals surface area contributed by atoms with E-state index in [-0.39, 0.29) is 11.3 Å². The second-order valence-corrected chi connectivity index (χ2v) is 5.18. The van der Waals surface area contributed by atoms with Gasteiger partial charge in [0.15, 0.2) is 5.76 Å². The number of hydrazone groups is 1. The van der Waals surface area contributed by atoms with Gasteiger partial charge in [0.25, 0.3) is 0 Å². The average molecular weight is 337 g/mol. The lowest BCUT2D eigenvalue weighted by Crippen LogP contribution is -2.22. The van der Waals surface area contributed by atoms with E-state index in [0.29, 0.717) is 22.8 Å². The third-order valence-corrected chi connectivity index (χ3v) is 3.33. The molecule has 7 nitrogen and oxygen atoms in total. The van der Waals surface area contributed by atoms with Gasteiger partial charge >= 0.3 is 5.91 Å². The molecule has 0 radical (unpaired) electrons. The minimum absolute atomic E-state index is 0.0603. The van der Waals surface area contributed by atoms with Crippen LogP contribution in [0.3, 0.4) is 0 Å². The summed E-state index contributed by atoms with van der Waals surface area (Å²) in [5.74, 6) is -0.0800. The van der Waals surface area contributed by atoms with Crippen molar-refractivity contribution in [2.75, 3.05) is 0 Å². The molecule has 1 aromatic carbocycles. The van der Waals surface area contributed by atoms with E-state index in [2.05, 4.69) is 10.5 Å². The van der Waals surface area contributed by atoms with Gasteiger partial charge in [0.1, 0.15) is 17.3 Å². The third kappa shape index (κ3) is 3.84. The van der Waals surface area contributed by atoms with Gasteiger partial charge in [0.2, 0.25) is 0 Å². The number of aromatic carboxylic acids is 1. The number of furan rings is 2. The number of rotatable bonds is 5. The lowest BCUT2D eigenvalue weighted by molar-refractivity contribution is -0.255. The van der Waals surface area contributed by atoms with Crippen LogP contribution < -0.4 is 10.5 Å². The molecule has 7 heteroatoms. The summed E-state index contributed by atoms with van der Waals surface area (Å²) in [4.78, 5) is 22.7. The number of benzene rings is 1. The first kappa shape index (κ1) is 16.3. The molecule has 0 atom stereocenters. The summed E-state index contributed by atoms with van der Waals surface area (Å²) in [6.07, 6.45) is 1.33. The predicted octanol–water partition coefficient (Wildman–Crippen LogP) is 1.98. The monoisotopic (exact) mass is 337 g/mol. The lowest BCUT2D eigenvalue weighted by Gasteiger charge is -2.03. The third-order valence-electron chi connectivity index (χ3n) is 3.33. The van der Waals surface area contributed by atoms with Crippen molar-refractivity contribution in [1.29, 1.82) is 0 Å². The molecule has 25 heavy (non-hydrogen) atoms. The quantitative estimate of drug-likeness (QED) is 0.566. The van der Waals surface area contributed by atoms with E-state index in [4.69, 9.17) is 8.83 Å². The Morgan fingerprint density at radius 2 is 1.96 bits per heavy atom. The van der Waals surface area contributed by atoms with Gasteiger partial charge in [0.05, 0.1) is 12.2 Å². The van der Waals surface area contributed by atoms with Crippen molar-refractivity contribution in [3.63, 3.8) is 0 Å². The van der Waals surface area contributed by atoms with Gasteiger partial charge in [-0.2, -0.15) is 5.10 Å². The number of hydrogen-bond acceptors (Lipinski definition) is 6. The zero-order chi connectivity index (χ0) is 17.8. The fourth-order valence-corrected chi connectivity index (χ4v) is 2.14. The number of carbonyl (C=O) groups is 2. The van der Waals surface area contributed by atoms with Crippen LogP contribution in [-0.4, -0.2) is 18.1 Å². The van der Waals surface area contributed by atoms with Crippen molar-refractivity contribution in [3.8, 4) is 11.3 Å². The maximum Gasteiger partial charge on any atom is 0.307 e. The van der Waals surface area contributed by atoms with Crippen LogP contribution in [0, 0.1) is 6.92 Å². The molecule has 0 aliphatic carbocycles. The Morgan fingerprint density at radius 3 is 2.68 bits per heavy atom. The maximum absolute atomic E-state index is 11.8. The highest BCUT2D eigenvalue weighted by Crippen LogP contribution is 2.22. The largest absolute Gasteiger partial charge is 0.545 e. The SMILES string of the molecule is Cc1ccc(C(=O)NN=Cc2ccc(-c3cccc(C(=O)[O-])c3)o2)o1. The Kier molecular flexibility index (Phi) is 4.47. The van der Waals surface area contributed by atoms with Crippen LogP contribution in [-0.2, 0) is 0 Å². The number of hydrogen-bond donors (Lipinski definition) is 1. The van der Waals surface area contributed by atoms with Gasteiger partial charge in [0, 0.05) is 5.56 Å². The number of carboxylic acid groups (broad SMARTS) is 1. The number of nitrogens with one attached hydrogen (secondary N) is 1. The smallest absolute Gasteiger partial charge is 0.307 e. The second kappa shape index (κ2) is 6.88. The van der Waals surface area contributed by atoms with Gasteiger partial charge in [-0.3, -0.25) is 4.79 Å². The highest BCUT2D eigenvalue weighted by Gasteiger charge is 2.09. The first-order valence-electron chi connectivity index (χ1n) is 7.34. The normalized spacial score (nSPS) is 10.9. The molecule has 2 heterocycles. The number of amides is 1. The highest BCUT2D eigenvalue weighted by molar-refractivity contribution is 5.92. The Balaban J connectivity index is 1.68. The van der Waals surface area contributed by atoms with E-state index in [0.717, 1.165) is 0 Å². The summed E-state index contributed by atoms with van der Waals surface area (Å²) in [6, 6.07) is 12.8. The summed E-state index contributed by atoms with van der Waals surface area (Å²) < 4.78 is 10.7. The molecule has 0 aliphatic rings. The van der Waals surface area contributed by atoms with Gasteiger partial charge in [-0.05, 0) is 42.8 Å². The Labute approximate surface area is 142 Å². The van der Waals surface area contributed by atoms with Crippen LogP contribution in [0.5, 0.6) is 0 Å². The van der Waals surface area contributed by atoms with Crippen LogP contribution in [0.2, 0.25) is 0 Å². The van der Waals surface area contributed by atoms with Crippen molar-refractivity contribution >= 4 is 18.1 Å². The summed E-state index contributed by atoms with van der Waals surface area (Å²) in [6.45, 7) is 1.74. The molecule has 3 rings (SSSR count). The molecule has 1 N–H and O–H groups in total. The molecule has 0 fully saturated rings. The molecule has 0 bridgehead atoms. The van der Waals surface area contributed by atoms with Crippen LogP contribution >= 0.6 is 0 Å². The lowest BCUT2D eigenvalue weighted by atomic mass is 10.1. The number of carbonyl (C=O) groups excluding carboxylic acids is 2. The zero-order valence-corrected chi connectivity index (χ0v) is 13.2. The summed E-state index contributed by atoms with van der Waals surface area (Å²) in [5, 5.41) is 14.7. The van der Waals surface area contributed by atoms with Crippen molar-refractivity contribution in [1.82, 2.24) is 5.43 Å². The minimum atomic E-state index is -1.26. The molecule has 0 unspecified atom stereocenters. The van der Waals surface area contributed by atoms with E-state index in [9.17, 15) is 14.7 Å². The zero-order valence-electron chi connectivity index (χ0n) is 13.2. The maximum atomic E-state index is 11.8. The average Bonchev–Trinajstić information content (AvgIpc) is 3.24. The predicted molar refractivity (Wildman–Crippen MR) is 87.0 cm³/mol. The Morgan fingerprint density at radius 1 is 1.12 bits per heavy atom. The molecule has 3 aromatic rings. The van der Waals surface area contributed by atoms with E-state index >= 15 is 0 Å². The van der Waals surface area contributed by atoms with Gasteiger partial charge < -0.3 is 18.7 Å². The fraction of sp³-hybridized carbons (Fsp3) is 0.0556. The van der Waals surface area contributed by atoms with Crippen molar-refractivity contribution < 1.29 is 23.5 Å². The summed E-state index contributed by atoms with van der Waals surface area (Å²) in [5.41, 5.74) is 2.98. The summed E-state index contributed by atoms with van der Waals surface area (Å²) in [7, 11) is 0. The molecule has 0 aliphatic heterocycles. The Bertz CT molecular complexity index is 952. The molecular weight excluding hydrogens is 324 g/mol. The molecule has 126 valence electrons. The molecule has 0 saturated carbocycles. The topological polar surface area (TPSA) is 108 Å². The van der Waals surface area contributed by atoms with E-state index in [1.165, 1.54) is 18.3 Å². The molecule has 0 saturated heterocycles.